The highest BCUT2D eigenvalue weighted by molar-refractivity contribution is 6.31. The molecule has 1 saturated heterocycles. The molecule has 2 aliphatic rings. The molecule has 0 N–H and O–H groups in total. The Morgan fingerprint density at radius 2 is 1.91 bits per heavy atom. The summed E-state index contributed by atoms with van der Waals surface area (Å²) >= 11 is 6.03. The lowest BCUT2D eigenvalue weighted by Crippen LogP contribution is -2.53. The van der Waals surface area contributed by atoms with Gasteiger partial charge >= 0.3 is 0 Å². The van der Waals surface area contributed by atoms with Crippen LogP contribution in [0.15, 0.2) is 30.3 Å². The van der Waals surface area contributed by atoms with E-state index in [1.807, 2.05) is 6.92 Å². The van der Waals surface area contributed by atoms with Crippen LogP contribution in [0.25, 0.3) is 0 Å². The SMILES string of the molecule is COc1ccc2c(c1OC)OC1(CCN(C(=O)COc3ccc(Cl)c(C)c3)CC1)CC2=O. The Labute approximate surface area is 192 Å². The smallest absolute Gasteiger partial charge is 0.260 e. The van der Waals surface area contributed by atoms with Crippen LogP contribution < -0.4 is 18.9 Å². The monoisotopic (exact) mass is 459 g/mol. The van der Waals surface area contributed by atoms with Gasteiger partial charge in [-0.3, -0.25) is 9.59 Å². The second-order valence-corrected chi connectivity index (χ2v) is 8.55. The number of carbonyl (C=O) groups excluding carboxylic acids is 2. The molecule has 32 heavy (non-hydrogen) atoms. The van der Waals surface area contributed by atoms with Gasteiger partial charge in [-0.2, -0.15) is 0 Å². The fourth-order valence-electron chi connectivity index (χ4n) is 4.25. The van der Waals surface area contributed by atoms with Crippen molar-refractivity contribution >= 4 is 23.3 Å². The number of likely N-dealkylation sites (tertiary alicyclic amines) is 1. The number of ketones is 1. The van der Waals surface area contributed by atoms with Crippen LogP contribution in [0.3, 0.4) is 0 Å². The number of piperidine rings is 1. The minimum atomic E-state index is -0.658. The summed E-state index contributed by atoms with van der Waals surface area (Å²) in [4.78, 5) is 27.3. The van der Waals surface area contributed by atoms with E-state index in [0.717, 1.165) is 5.56 Å². The summed E-state index contributed by atoms with van der Waals surface area (Å²) in [5.74, 6) is 1.86. The summed E-state index contributed by atoms with van der Waals surface area (Å²) in [5, 5.41) is 0.655. The van der Waals surface area contributed by atoms with Crippen LogP contribution in [-0.4, -0.2) is 56.1 Å². The first kappa shape index (κ1) is 22.3. The van der Waals surface area contributed by atoms with Gasteiger partial charge in [0.2, 0.25) is 5.75 Å². The fourth-order valence-corrected chi connectivity index (χ4v) is 4.36. The zero-order valence-corrected chi connectivity index (χ0v) is 19.2. The van der Waals surface area contributed by atoms with Gasteiger partial charge in [-0.25, -0.2) is 0 Å². The first-order valence-corrected chi connectivity index (χ1v) is 10.9. The Hall–Kier alpha value is -2.93. The molecular weight excluding hydrogens is 434 g/mol. The quantitative estimate of drug-likeness (QED) is 0.671. The second kappa shape index (κ2) is 8.90. The highest BCUT2D eigenvalue weighted by Crippen LogP contribution is 2.47. The van der Waals surface area contributed by atoms with Gasteiger partial charge in [-0.15, -0.1) is 0 Å². The van der Waals surface area contributed by atoms with Crippen LogP contribution >= 0.6 is 11.6 Å². The Bertz CT molecular complexity index is 1050. The average Bonchev–Trinajstić information content (AvgIpc) is 2.79. The average molecular weight is 460 g/mol. The summed E-state index contributed by atoms with van der Waals surface area (Å²) in [6.45, 7) is 2.80. The van der Waals surface area contributed by atoms with Gasteiger partial charge in [0, 0.05) is 31.0 Å². The highest BCUT2D eigenvalue weighted by atomic mass is 35.5. The third-order valence-corrected chi connectivity index (χ3v) is 6.54. The molecule has 1 spiro atoms. The molecule has 0 bridgehead atoms. The maximum absolute atomic E-state index is 12.9. The molecule has 0 aromatic heterocycles. The zero-order chi connectivity index (χ0) is 22.9. The second-order valence-electron chi connectivity index (χ2n) is 8.14. The highest BCUT2D eigenvalue weighted by Gasteiger charge is 2.45. The van der Waals surface area contributed by atoms with Gasteiger partial charge in [0.05, 0.1) is 26.2 Å². The van der Waals surface area contributed by atoms with Crippen molar-refractivity contribution in [1.82, 2.24) is 4.90 Å². The number of amides is 1. The number of fused-ring (bicyclic) bond motifs is 1. The van der Waals surface area contributed by atoms with Gasteiger partial charge in [-0.1, -0.05) is 11.6 Å². The lowest BCUT2D eigenvalue weighted by molar-refractivity contribution is -0.137. The molecule has 1 fully saturated rings. The molecule has 0 saturated carbocycles. The molecule has 2 aromatic carbocycles. The molecule has 0 aliphatic carbocycles. The van der Waals surface area contributed by atoms with Gasteiger partial charge in [-0.05, 0) is 42.8 Å². The number of Topliss-reactive ketones (excluding diaryl/α,β-unsaturated/α-hetero) is 1. The van der Waals surface area contributed by atoms with Crippen LogP contribution in [0, 0.1) is 6.92 Å². The number of nitrogens with zero attached hydrogens (tertiary/aromatic N) is 1. The third-order valence-electron chi connectivity index (χ3n) is 6.12. The van der Waals surface area contributed by atoms with Gasteiger partial charge in [0.1, 0.15) is 11.4 Å². The van der Waals surface area contributed by atoms with E-state index >= 15 is 0 Å². The number of hydrogen-bond donors (Lipinski definition) is 0. The van der Waals surface area contributed by atoms with Crippen molar-refractivity contribution in [3.05, 3.63) is 46.5 Å². The maximum atomic E-state index is 12.9. The molecule has 0 atom stereocenters. The number of hydrogen-bond acceptors (Lipinski definition) is 6. The maximum Gasteiger partial charge on any atom is 0.260 e. The zero-order valence-electron chi connectivity index (χ0n) is 18.4. The molecule has 2 aliphatic heterocycles. The topological polar surface area (TPSA) is 74.3 Å². The van der Waals surface area contributed by atoms with Crippen molar-refractivity contribution in [2.45, 2.75) is 31.8 Å². The molecule has 2 aromatic rings. The lowest BCUT2D eigenvalue weighted by Gasteiger charge is -2.44. The number of rotatable bonds is 5. The number of carbonyl (C=O) groups is 2. The summed E-state index contributed by atoms with van der Waals surface area (Å²) in [6.07, 6.45) is 1.37. The Morgan fingerprint density at radius 3 is 2.56 bits per heavy atom. The van der Waals surface area contributed by atoms with E-state index in [2.05, 4.69) is 0 Å². The molecule has 7 nitrogen and oxygen atoms in total. The fraction of sp³-hybridized carbons (Fsp3) is 0.417. The summed E-state index contributed by atoms with van der Waals surface area (Å²) in [6, 6.07) is 8.72. The van der Waals surface area contributed by atoms with E-state index in [0.29, 0.717) is 59.5 Å². The lowest BCUT2D eigenvalue weighted by atomic mass is 9.82. The van der Waals surface area contributed by atoms with E-state index in [1.54, 1.807) is 42.3 Å². The van der Waals surface area contributed by atoms with Crippen LogP contribution in [0.2, 0.25) is 5.02 Å². The first-order chi connectivity index (χ1) is 15.4. The molecule has 1 amide bonds. The van der Waals surface area contributed by atoms with E-state index in [1.165, 1.54) is 7.11 Å². The van der Waals surface area contributed by atoms with Gasteiger partial charge in [0.15, 0.2) is 23.9 Å². The number of ether oxygens (including phenoxy) is 4. The molecular formula is C24H26ClNO6. The molecule has 8 heteroatoms. The molecule has 2 heterocycles. The van der Waals surface area contributed by atoms with E-state index < -0.39 is 5.60 Å². The standard InChI is InChI=1S/C24H26ClNO6/c1-15-12-16(4-6-18(15)25)31-14-21(28)26-10-8-24(9-11-26)13-19(27)17-5-7-20(29-2)23(30-3)22(17)32-24/h4-7,12H,8-11,13-14H2,1-3H3. The number of halogens is 1. The summed E-state index contributed by atoms with van der Waals surface area (Å²) in [5.41, 5.74) is 0.732. The van der Waals surface area contributed by atoms with Crippen LogP contribution in [0.5, 0.6) is 23.0 Å². The number of benzene rings is 2. The largest absolute Gasteiger partial charge is 0.493 e. The first-order valence-electron chi connectivity index (χ1n) is 10.5. The van der Waals surface area contributed by atoms with Crippen molar-refractivity contribution in [1.29, 1.82) is 0 Å². The van der Waals surface area contributed by atoms with E-state index in [4.69, 9.17) is 30.5 Å². The molecule has 0 radical (unpaired) electrons. The van der Waals surface area contributed by atoms with Gasteiger partial charge in [0.25, 0.3) is 5.91 Å². The minimum Gasteiger partial charge on any atom is -0.493 e. The van der Waals surface area contributed by atoms with Crippen molar-refractivity contribution in [2.24, 2.45) is 0 Å². The summed E-state index contributed by atoms with van der Waals surface area (Å²) in [7, 11) is 3.07. The Morgan fingerprint density at radius 1 is 1.16 bits per heavy atom. The van der Waals surface area contributed by atoms with Crippen molar-refractivity contribution in [3.8, 4) is 23.0 Å². The van der Waals surface area contributed by atoms with Crippen molar-refractivity contribution in [3.63, 3.8) is 0 Å². The molecule has 4 rings (SSSR count). The number of methoxy groups -OCH3 is 2. The Kier molecular flexibility index (Phi) is 6.20. The third kappa shape index (κ3) is 4.21. The van der Waals surface area contributed by atoms with Crippen molar-refractivity contribution < 1.29 is 28.5 Å². The summed E-state index contributed by atoms with van der Waals surface area (Å²) < 4.78 is 22.8. The molecule has 170 valence electrons. The van der Waals surface area contributed by atoms with Crippen LogP contribution in [0.4, 0.5) is 0 Å². The Balaban J connectivity index is 1.41. The molecule has 0 unspecified atom stereocenters. The van der Waals surface area contributed by atoms with Crippen LogP contribution in [-0.2, 0) is 4.79 Å². The van der Waals surface area contributed by atoms with E-state index in [9.17, 15) is 9.59 Å². The van der Waals surface area contributed by atoms with E-state index in [-0.39, 0.29) is 24.7 Å². The van der Waals surface area contributed by atoms with Crippen molar-refractivity contribution in [2.75, 3.05) is 33.9 Å². The van der Waals surface area contributed by atoms with Gasteiger partial charge < -0.3 is 23.8 Å². The predicted octanol–water partition coefficient (Wildman–Crippen LogP) is 4.07. The predicted molar refractivity (Wildman–Crippen MR) is 119 cm³/mol. The number of aryl methyl sites for hydroxylation is 1. The minimum absolute atomic E-state index is 0.00780. The van der Waals surface area contributed by atoms with Crippen LogP contribution in [0.1, 0.15) is 35.2 Å². The normalized spacial score (nSPS) is 16.9.